The number of hydrogen-bond donors (Lipinski definition) is 1. The predicted octanol–water partition coefficient (Wildman–Crippen LogP) is 6.40. The Labute approximate surface area is 134 Å². The SMILES string of the molecule is CCCCCCCCCCCCCCCCCCNOC. The third kappa shape index (κ3) is 19.9. The second-order valence-corrected chi connectivity index (χ2v) is 6.40. The fraction of sp³-hybridized carbons (Fsp3) is 1.00. The highest BCUT2D eigenvalue weighted by Gasteiger charge is 1.94. The minimum atomic E-state index is 0.995. The van der Waals surface area contributed by atoms with Gasteiger partial charge in [0.1, 0.15) is 0 Å². The quantitative estimate of drug-likeness (QED) is 0.233. The molecule has 0 fully saturated rings. The lowest BCUT2D eigenvalue weighted by atomic mass is 10.0. The maximum Gasteiger partial charge on any atom is 0.0572 e. The molecule has 0 unspecified atom stereocenters. The number of nitrogens with one attached hydrogen (secondary N) is 1. The summed E-state index contributed by atoms with van der Waals surface area (Å²) in [6, 6.07) is 0. The van der Waals surface area contributed by atoms with E-state index < -0.39 is 0 Å². The van der Waals surface area contributed by atoms with Gasteiger partial charge in [0.25, 0.3) is 0 Å². The van der Waals surface area contributed by atoms with E-state index in [1.54, 1.807) is 7.11 Å². The van der Waals surface area contributed by atoms with E-state index in [0.717, 1.165) is 6.54 Å². The first-order chi connectivity index (χ1) is 10.4. The van der Waals surface area contributed by atoms with E-state index in [1.165, 1.54) is 103 Å². The molecule has 0 aromatic rings. The molecule has 0 atom stereocenters. The molecule has 0 aromatic carbocycles. The van der Waals surface area contributed by atoms with Crippen LogP contribution in [0.3, 0.4) is 0 Å². The van der Waals surface area contributed by atoms with Gasteiger partial charge in [-0.05, 0) is 6.42 Å². The molecule has 0 aliphatic heterocycles. The molecule has 128 valence electrons. The Morgan fingerprint density at radius 2 is 0.857 bits per heavy atom. The topological polar surface area (TPSA) is 21.3 Å². The van der Waals surface area contributed by atoms with Gasteiger partial charge >= 0.3 is 0 Å². The Bertz CT molecular complexity index is 155. The molecule has 0 aliphatic carbocycles. The Hall–Kier alpha value is -0.0800. The summed E-state index contributed by atoms with van der Waals surface area (Å²) in [5, 5.41) is 0. The van der Waals surface area contributed by atoms with Gasteiger partial charge in [-0.2, -0.15) is 0 Å². The fourth-order valence-electron chi connectivity index (χ4n) is 2.85. The molecule has 2 heteroatoms. The average molecular weight is 300 g/mol. The summed E-state index contributed by atoms with van der Waals surface area (Å²) in [4.78, 5) is 4.82. The molecule has 1 N–H and O–H groups in total. The van der Waals surface area contributed by atoms with Gasteiger partial charge in [0.2, 0.25) is 0 Å². The van der Waals surface area contributed by atoms with E-state index in [4.69, 9.17) is 4.84 Å². The molecule has 0 aromatic heterocycles. The largest absolute Gasteiger partial charge is 0.305 e. The van der Waals surface area contributed by atoms with Gasteiger partial charge in [-0.3, -0.25) is 0 Å². The van der Waals surface area contributed by atoms with E-state index >= 15 is 0 Å². The summed E-state index contributed by atoms with van der Waals surface area (Å²) in [6.07, 6.45) is 22.8. The van der Waals surface area contributed by atoms with Crippen molar-refractivity contribution < 1.29 is 4.84 Å². The van der Waals surface area contributed by atoms with Crippen molar-refractivity contribution in [3.63, 3.8) is 0 Å². The van der Waals surface area contributed by atoms with Crippen LogP contribution in [0, 0.1) is 0 Å². The molecule has 0 spiro atoms. The highest BCUT2D eigenvalue weighted by Crippen LogP contribution is 2.13. The van der Waals surface area contributed by atoms with Gasteiger partial charge in [0.05, 0.1) is 7.11 Å². The van der Waals surface area contributed by atoms with Gasteiger partial charge in [-0.1, -0.05) is 103 Å². The van der Waals surface area contributed by atoms with Gasteiger partial charge in [0.15, 0.2) is 0 Å². The fourth-order valence-corrected chi connectivity index (χ4v) is 2.85. The van der Waals surface area contributed by atoms with Crippen LogP contribution in [0.4, 0.5) is 0 Å². The van der Waals surface area contributed by atoms with Gasteiger partial charge in [-0.15, -0.1) is 0 Å². The predicted molar refractivity (Wildman–Crippen MR) is 94.6 cm³/mol. The molecular weight excluding hydrogens is 258 g/mol. The van der Waals surface area contributed by atoms with Crippen LogP contribution in [0.25, 0.3) is 0 Å². The lowest BCUT2D eigenvalue weighted by molar-refractivity contribution is 0.0904. The van der Waals surface area contributed by atoms with E-state index in [1.807, 2.05) is 0 Å². The molecule has 0 saturated carbocycles. The Morgan fingerprint density at radius 1 is 0.524 bits per heavy atom. The van der Waals surface area contributed by atoms with Gasteiger partial charge in [-0.25, -0.2) is 5.48 Å². The van der Waals surface area contributed by atoms with Crippen LogP contribution in [-0.2, 0) is 4.84 Å². The summed E-state index contributed by atoms with van der Waals surface area (Å²) in [5.74, 6) is 0. The first kappa shape index (κ1) is 20.9. The Morgan fingerprint density at radius 3 is 1.19 bits per heavy atom. The number of unbranched alkanes of at least 4 members (excludes halogenated alkanes) is 15. The zero-order valence-corrected chi connectivity index (χ0v) is 14.9. The van der Waals surface area contributed by atoms with Crippen LogP contribution in [0.5, 0.6) is 0 Å². The lowest BCUT2D eigenvalue weighted by Gasteiger charge is -2.04. The normalized spacial score (nSPS) is 11.1. The van der Waals surface area contributed by atoms with Crippen molar-refractivity contribution in [2.75, 3.05) is 13.7 Å². The van der Waals surface area contributed by atoms with E-state index in [-0.39, 0.29) is 0 Å². The smallest absolute Gasteiger partial charge is 0.0572 e. The molecule has 21 heavy (non-hydrogen) atoms. The standard InChI is InChI=1S/C19H41NO/c1-3-4-5-6-7-8-9-10-11-12-13-14-15-16-17-18-19-20-21-2/h20H,3-19H2,1-2H3. The third-order valence-electron chi connectivity index (χ3n) is 4.28. The van der Waals surface area contributed by atoms with Crippen molar-refractivity contribution in [3.8, 4) is 0 Å². The van der Waals surface area contributed by atoms with Crippen LogP contribution < -0.4 is 5.48 Å². The first-order valence-electron chi connectivity index (χ1n) is 9.67. The Balaban J connectivity index is 2.90. The molecule has 0 aliphatic rings. The molecule has 0 radical (unpaired) electrons. The van der Waals surface area contributed by atoms with E-state index in [9.17, 15) is 0 Å². The van der Waals surface area contributed by atoms with Gasteiger partial charge in [0, 0.05) is 6.54 Å². The number of hydrogen-bond acceptors (Lipinski definition) is 2. The zero-order valence-electron chi connectivity index (χ0n) is 14.9. The van der Waals surface area contributed by atoms with Crippen molar-refractivity contribution in [1.82, 2.24) is 5.48 Å². The maximum atomic E-state index is 4.82. The Kier molecular flexibility index (Phi) is 19.8. The zero-order chi connectivity index (χ0) is 15.4. The molecule has 0 saturated heterocycles. The lowest BCUT2D eigenvalue weighted by Crippen LogP contribution is -2.12. The minimum absolute atomic E-state index is 0.995. The summed E-state index contributed by atoms with van der Waals surface area (Å²) >= 11 is 0. The second kappa shape index (κ2) is 19.9. The van der Waals surface area contributed by atoms with E-state index in [2.05, 4.69) is 12.4 Å². The summed E-state index contributed by atoms with van der Waals surface area (Å²) < 4.78 is 0. The van der Waals surface area contributed by atoms with Crippen molar-refractivity contribution in [2.45, 2.75) is 110 Å². The highest BCUT2D eigenvalue weighted by atomic mass is 16.6. The molecule has 0 heterocycles. The van der Waals surface area contributed by atoms with Crippen LogP contribution in [0.2, 0.25) is 0 Å². The van der Waals surface area contributed by atoms with Crippen LogP contribution in [-0.4, -0.2) is 13.7 Å². The molecule has 0 rings (SSSR count). The molecule has 2 nitrogen and oxygen atoms in total. The van der Waals surface area contributed by atoms with Crippen molar-refractivity contribution in [3.05, 3.63) is 0 Å². The van der Waals surface area contributed by atoms with Crippen molar-refractivity contribution in [2.24, 2.45) is 0 Å². The highest BCUT2D eigenvalue weighted by molar-refractivity contribution is 4.50. The summed E-state index contributed by atoms with van der Waals surface area (Å²) in [6.45, 7) is 3.29. The first-order valence-corrected chi connectivity index (χ1v) is 9.67. The summed E-state index contributed by atoms with van der Waals surface area (Å²) in [5.41, 5.74) is 2.90. The van der Waals surface area contributed by atoms with Crippen molar-refractivity contribution in [1.29, 1.82) is 0 Å². The van der Waals surface area contributed by atoms with Crippen LogP contribution in [0.1, 0.15) is 110 Å². The summed E-state index contributed by atoms with van der Waals surface area (Å²) in [7, 11) is 1.69. The van der Waals surface area contributed by atoms with Gasteiger partial charge < -0.3 is 4.84 Å². The van der Waals surface area contributed by atoms with Crippen LogP contribution in [0.15, 0.2) is 0 Å². The molecule has 0 amide bonds. The number of hydroxylamine groups is 1. The van der Waals surface area contributed by atoms with E-state index in [0.29, 0.717) is 0 Å². The minimum Gasteiger partial charge on any atom is -0.305 e. The average Bonchev–Trinajstić information content (AvgIpc) is 2.50. The number of rotatable bonds is 18. The maximum absolute atomic E-state index is 4.82. The second-order valence-electron chi connectivity index (χ2n) is 6.40. The van der Waals surface area contributed by atoms with Crippen molar-refractivity contribution >= 4 is 0 Å². The monoisotopic (exact) mass is 299 g/mol. The third-order valence-corrected chi connectivity index (χ3v) is 4.28. The molecular formula is C19H41NO. The molecule has 0 bridgehead atoms. The van der Waals surface area contributed by atoms with Crippen LogP contribution >= 0.6 is 0 Å².